The second-order valence-electron chi connectivity index (χ2n) is 7.85. The second kappa shape index (κ2) is 8.64. The number of amides is 2. The van der Waals surface area contributed by atoms with Gasteiger partial charge in [-0.2, -0.15) is 0 Å². The molecule has 152 valence electrons. The average molecular weight is 395 g/mol. The minimum Gasteiger partial charge on any atom is -0.371 e. The van der Waals surface area contributed by atoms with E-state index in [9.17, 15) is 14.0 Å². The highest BCUT2D eigenvalue weighted by Gasteiger charge is 2.26. The summed E-state index contributed by atoms with van der Waals surface area (Å²) in [6.07, 6.45) is 5.18. The van der Waals surface area contributed by atoms with E-state index in [4.69, 9.17) is 0 Å². The minimum absolute atomic E-state index is 0.0304. The Morgan fingerprint density at radius 2 is 1.72 bits per heavy atom. The Bertz CT molecular complexity index is 887. The molecule has 0 aromatic heterocycles. The molecule has 2 amide bonds. The lowest BCUT2D eigenvalue weighted by atomic mass is 9.85. The second-order valence-corrected chi connectivity index (χ2v) is 7.85. The van der Waals surface area contributed by atoms with Gasteiger partial charge in [-0.15, -0.1) is 0 Å². The van der Waals surface area contributed by atoms with Crippen LogP contribution in [-0.4, -0.2) is 24.9 Å². The maximum absolute atomic E-state index is 13.1. The zero-order valence-corrected chi connectivity index (χ0v) is 16.4. The first-order valence-electron chi connectivity index (χ1n) is 10.3. The van der Waals surface area contributed by atoms with Gasteiger partial charge in [0.15, 0.2) is 0 Å². The van der Waals surface area contributed by atoms with E-state index in [1.54, 1.807) is 18.2 Å². The van der Waals surface area contributed by atoms with Crippen molar-refractivity contribution in [3.05, 3.63) is 59.4 Å². The number of nitrogens with zero attached hydrogens (tertiary/aromatic N) is 1. The zero-order valence-electron chi connectivity index (χ0n) is 16.4. The van der Waals surface area contributed by atoms with Crippen LogP contribution in [0, 0.1) is 11.7 Å². The number of halogens is 1. The van der Waals surface area contributed by atoms with Crippen molar-refractivity contribution in [3.63, 3.8) is 0 Å². The summed E-state index contributed by atoms with van der Waals surface area (Å²) in [6.45, 7) is 2.16. The van der Waals surface area contributed by atoms with Crippen molar-refractivity contribution >= 4 is 23.2 Å². The van der Waals surface area contributed by atoms with E-state index in [1.807, 2.05) is 12.1 Å². The van der Waals surface area contributed by atoms with Crippen molar-refractivity contribution in [2.24, 2.45) is 5.92 Å². The van der Waals surface area contributed by atoms with Crippen molar-refractivity contribution in [3.8, 4) is 0 Å². The van der Waals surface area contributed by atoms with Gasteiger partial charge in [-0.1, -0.05) is 18.6 Å². The minimum atomic E-state index is -0.300. The molecule has 2 aliphatic rings. The van der Waals surface area contributed by atoms with Crippen molar-refractivity contribution in [1.29, 1.82) is 0 Å². The topological polar surface area (TPSA) is 61.4 Å². The third-order valence-electron chi connectivity index (χ3n) is 5.80. The first-order chi connectivity index (χ1) is 14.1. The summed E-state index contributed by atoms with van der Waals surface area (Å²) in [5.41, 5.74) is 2.93. The average Bonchev–Trinajstić information content (AvgIpc) is 3.20. The summed E-state index contributed by atoms with van der Waals surface area (Å²) in [7, 11) is 0. The molecule has 1 aliphatic carbocycles. The van der Waals surface area contributed by atoms with E-state index >= 15 is 0 Å². The van der Waals surface area contributed by atoms with E-state index in [1.165, 1.54) is 12.1 Å². The molecule has 5 nitrogen and oxygen atoms in total. The van der Waals surface area contributed by atoms with Crippen LogP contribution >= 0.6 is 0 Å². The highest BCUT2D eigenvalue weighted by Crippen LogP contribution is 2.30. The molecule has 6 heteroatoms. The van der Waals surface area contributed by atoms with Gasteiger partial charge in [-0.25, -0.2) is 4.39 Å². The summed E-state index contributed by atoms with van der Waals surface area (Å²) in [5, 5.41) is 5.88. The number of benzene rings is 2. The van der Waals surface area contributed by atoms with Crippen LogP contribution in [0.4, 0.5) is 15.8 Å². The lowest BCUT2D eigenvalue weighted by molar-refractivity contribution is -0.122. The smallest absolute Gasteiger partial charge is 0.253 e. The first-order valence-corrected chi connectivity index (χ1v) is 10.3. The Labute approximate surface area is 170 Å². The van der Waals surface area contributed by atoms with Gasteiger partial charge in [0.2, 0.25) is 5.91 Å². The van der Waals surface area contributed by atoms with Gasteiger partial charge in [0.1, 0.15) is 5.82 Å². The fourth-order valence-electron chi connectivity index (χ4n) is 3.82. The molecule has 1 saturated heterocycles. The molecule has 1 heterocycles. The lowest BCUT2D eigenvalue weighted by Crippen LogP contribution is -2.29. The molecule has 2 aromatic rings. The third kappa shape index (κ3) is 4.58. The standard InChI is InChI=1S/C23H26FN3O2/c24-18-8-6-16(7-9-18)15-25-23(29)20-14-19(26-22(28)17-4-3-5-17)10-11-21(20)27-12-1-2-13-27/h6-11,14,17H,1-5,12-13,15H2,(H,25,29)(H,26,28). The van der Waals surface area contributed by atoms with Crippen molar-refractivity contribution in [1.82, 2.24) is 5.32 Å². The predicted octanol–water partition coefficient (Wildman–Crippen LogP) is 4.09. The van der Waals surface area contributed by atoms with Crippen LogP contribution in [0.2, 0.25) is 0 Å². The van der Waals surface area contributed by atoms with E-state index in [0.29, 0.717) is 17.8 Å². The molecule has 0 radical (unpaired) electrons. The van der Waals surface area contributed by atoms with Crippen LogP contribution in [0.1, 0.15) is 48.0 Å². The van der Waals surface area contributed by atoms with E-state index in [2.05, 4.69) is 15.5 Å². The van der Waals surface area contributed by atoms with Crippen molar-refractivity contribution in [2.75, 3.05) is 23.3 Å². The summed E-state index contributed by atoms with van der Waals surface area (Å²) >= 11 is 0. The van der Waals surface area contributed by atoms with Gasteiger partial charge >= 0.3 is 0 Å². The molecule has 2 fully saturated rings. The number of hydrogen-bond donors (Lipinski definition) is 2. The number of rotatable bonds is 6. The first kappa shape index (κ1) is 19.4. The van der Waals surface area contributed by atoms with Crippen LogP contribution in [-0.2, 0) is 11.3 Å². The molecule has 1 saturated carbocycles. The van der Waals surface area contributed by atoms with Crippen molar-refractivity contribution < 1.29 is 14.0 Å². The summed E-state index contributed by atoms with van der Waals surface area (Å²) in [4.78, 5) is 27.5. The lowest BCUT2D eigenvalue weighted by Gasteiger charge is -2.25. The molecular formula is C23H26FN3O2. The SMILES string of the molecule is O=C(NCc1ccc(F)cc1)c1cc(NC(=O)C2CCC2)ccc1N1CCCC1. The van der Waals surface area contributed by atoms with Crippen LogP contribution in [0.5, 0.6) is 0 Å². The quantitative estimate of drug-likeness (QED) is 0.774. The van der Waals surface area contributed by atoms with Gasteiger partial charge in [-0.3, -0.25) is 9.59 Å². The number of carbonyl (C=O) groups excluding carboxylic acids is 2. The van der Waals surface area contributed by atoms with Gasteiger partial charge in [-0.05, 0) is 61.6 Å². The molecular weight excluding hydrogens is 369 g/mol. The number of anilines is 2. The maximum Gasteiger partial charge on any atom is 0.253 e. The fourth-order valence-corrected chi connectivity index (χ4v) is 3.82. The van der Waals surface area contributed by atoms with Crippen LogP contribution in [0.15, 0.2) is 42.5 Å². The summed E-state index contributed by atoms with van der Waals surface area (Å²) in [6, 6.07) is 11.7. The third-order valence-corrected chi connectivity index (χ3v) is 5.80. The number of hydrogen-bond acceptors (Lipinski definition) is 3. The Morgan fingerprint density at radius 3 is 2.38 bits per heavy atom. The fraction of sp³-hybridized carbons (Fsp3) is 0.391. The predicted molar refractivity (Wildman–Crippen MR) is 111 cm³/mol. The Kier molecular flexibility index (Phi) is 5.79. The highest BCUT2D eigenvalue weighted by atomic mass is 19.1. The maximum atomic E-state index is 13.1. The van der Waals surface area contributed by atoms with E-state index in [-0.39, 0.29) is 23.5 Å². The monoisotopic (exact) mass is 395 g/mol. The summed E-state index contributed by atoms with van der Waals surface area (Å²) < 4.78 is 13.1. The highest BCUT2D eigenvalue weighted by molar-refractivity contribution is 6.02. The number of nitrogens with one attached hydrogen (secondary N) is 2. The molecule has 2 N–H and O–H groups in total. The van der Waals surface area contributed by atoms with Crippen LogP contribution in [0.3, 0.4) is 0 Å². The van der Waals surface area contributed by atoms with Gasteiger partial charge in [0.05, 0.1) is 5.56 Å². The van der Waals surface area contributed by atoms with Crippen molar-refractivity contribution in [2.45, 2.75) is 38.6 Å². The Balaban J connectivity index is 1.52. The molecule has 29 heavy (non-hydrogen) atoms. The Hall–Kier alpha value is -2.89. The molecule has 1 aliphatic heterocycles. The van der Waals surface area contributed by atoms with Gasteiger partial charge in [0.25, 0.3) is 5.91 Å². The van der Waals surface area contributed by atoms with E-state index in [0.717, 1.165) is 56.4 Å². The van der Waals surface area contributed by atoms with Gasteiger partial charge < -0.3 is 15.5 Å². The Morgan fingerprint density at radius 1 is 1.00 bits per heavy atom. The van der Waals surface area contributed by atoms with Crippen LogP contribution < -0.4 is 15.5 Å². The molecule has 4 rings (SSSR count). The molecule has 0 unspecified atom stereocenters. The molecule has 0 atom stereocenters. The zero-order chi connectivity index (χ0) is 20.2. The van der Waals surface area contributed by atoms with E-state index < -0.39 is 0 Å². The van der Waals surface area contributed by atoms with Crippen LogP contribution in [0.25, 0.3) is 0 Å². The normalized spacial score (nSPS) is 16.4. The summed E-state index contributed by atoms with van der Waals surface area (Å²) in [5.74, 6) is -0.380. The molecule has 2 aromatic carbocycles. The number of carbonyl (C=O) groups is 2. The molecule has 0 spiro atoms. The van der Waals surface area contributed by atoms with Gasteiger partial charge in [0, 0.05) is 36.9 Å². The largest absolute Gasteiger partial charge is 0.371 e. The molecule has 0 bridgehead atoms.